The number of hydrogen-bond donors (Lipinski definition) is 2. The second-order valence-electron chi connectivity index (χ2n) is 6.94. The lowest BCUT2D eigenvalue weighted by Gasteiger charge is -2.21. The molecule has 1 heterocycles. The number of methoxy groups -OCH3 is 1. The summed E-state index contributed by atoms with van der Waals surface area (Å²) in [5.74, 6) is 1.59. The summed E-state index contributed by atoms with van der Waals surface area (Å²) in [5.41, 5.74) is 8.35. The fraction of sp³-hybridized carbons (Fsp3) is 0.318. The average molecular weight is 434 g/mol. The number of benzene rings is 2. The van der Waals surface area contributed by atoms with Crippen LogP contribution in [0.2, 0.25) is 10.0 Å². The van der Waals surface area contributed by atoms with E-state index in [2.05, 4.69) is 17.2 Å². The van der Waals surface area contributed by atoms with E-state index in [1.54, 1.807) is 31.5 Å². The zero-order valence-electron chi connectivity index (χ0n) is 16.8. The SMILES string of the molecule is COc1cc(NC(C)CCCN)c2nccc(C)c2c1Oc1cccc(Cl)c1Cl. The highest BCUT2D eigenvalue weighted by atomic mass is 35.5. The molecule has 2 aromatic carbocycles. The van der Waals surface area contributed by atoms with Crippen molar-refractivity contribution in [2.45, 2.75) is 32.7 Å². The molecule has 0 aliphatic carbocycles. The Morgan fingerprint density at radius 1 is 1.21 bits per heavy atom. The second kappa shape index (κ2) is 9.53. The number of fused-ring (bicyclic) bond motifs is 1. The number of aromatic nitrogens is 1. The van der Waals surface area contributed by atoms with Crippen LogP contribution < -0.4 is 20.5 Å². The number of nitrogens with zero attached hydrogens (tertiary/aromatic N) is 1. The summed E-state index contributed by atoms with van der Waals surface area (Å²) >= 11 is 12.5. The highest BCUT2D eigenvalue weighted by molar-refractivity contribution is 6.42. The molecule has 0 spiro atoms. The van der Waals surface area contributed by atoms with Crippen LogP contribution in [0.1, 0.15) is 25.3 Å². The van der Waals surface area contributed by atoms with E-state index in [0.29, 0.717) is 33.8 Å². The number of pyridine rings is 1. The van der Waals surface area contributed by atoms with Gasteiger partial charge in [0.25, 0.3) is 0 Å². The minimum atomic E-state index is 0.239. The first kappa shape index (κ1) is 21.5. The molecule has 0 saturated carbocycles. The third-order valence-corrected chi connectivity index (χ3v) is 5.53. The number of nitrogens with two attached hydrogens (primary N) is 1. The minimum Gasteiger partial charge on any atom is -0.493 e. The maximum Gasteiger partial charge on any atom is 0.179 e. The zero-order valence-corrected chi connectivity index (χ0v) is 18.3. The number of rotatable bonds is 8. The standard InChI is InChI=1S/C22H25Cl2N3O2/c1-13-9-11-26-21-16(27-14(2)6-5-10-25)12-18(28-3)22(19(13)21)29-17-8-4-7-15(23)20(17)24/h4,7-9,11-12,14,27H,5-6,10,25H2,1-3H3. The average Bonchev–Trinajstić information content (AvgIpc) is 2.71. The smallest absolute Gasteiger partial charge is 0.179 e. The second-order valence-corrected chi connectivity index (χ2v) is 7.72. The molecule has 1 unspecified atom stereocenters. The fourth-order valence-electron chi connectivity index (χ4n) is 3.23. The molecule has 0 aliphatic heterocycles. The zero-order chi connectivity index (χ0) is 21.0. The van der Waals surface area contributed by atoms with Gasteiger partial charge in [-0.25, -0.2) is 0 Å². The van der Waals surface area contributed by atoms with Crippen LogP contribution in [0.3, 0.4) is 0 Å². The van der Waals surface area contributed by atoms with Crippen LogP contribution in [0.25, 0.3) is 10.9 Å². The molecule has 7 heteroatoms. The van der Waals surface area contributed by atoms with Crippen LogP contribution in [-0.2, 0) is 0 Å². The van der Waals surface area contributed by atoms with Crippen molar-refractivity contribution in [3.05, 3.63) is 52.1 Å². The number of aryl methyl sites for hydroxylation is 1. The van der Waals surface area contributed by atoms with Crippen LogP contribution in [0, 0.1) is 6.92 Å². The predicted molar refractivity (Wildman–Crippen MR) is 121 cm³/mol. The molecular formula is C22H25Cl2N3O2. The largest absolute Gasteiger partial charge is 0.493 e. The summed E-state index contributed by atoms with van der Waals surface area (Å²) in [6.45, 7) is 4.80. The number of hydrogen-bond acceptors (Lipinski definition) is 5. The van der Waals surface area contributed by atoms with Crippen LogP contribution in [0.5, 0.6) is 17.2 Å². The molecule has 0 bridgehead atoms. The quantitative estimate of drug-likeness (QED) is 0.442. The van der Waals surface area contributed by atoms with Crippen LogP contribution in [-0.4, -0.2) is 24.7 Å². The lowest BCUT2D eigenvalue weighted by molar-refractivity contribution is 0.381. The first-order valence-electron chi connectivity index (χ1n) is 9.51. The van der Waals surface area contributed by atoms with Gasteiger partial charge in [-0.15, -0.1) is 0 Å². The highest BCUT2D eigenvalue weighted by Crippen LogP contribution is 2.45. The van der Waals surface area contributed by atoms with Gasteiger partial charge in [0, 0.05) is 18.3 Å². The van der Waals surface area contributed by atoms with Gasteiger partial charge in [0.1, 0.15) is 10.8 Å². The third kappa shape index (κ3) is 4.69. The molecule has 3 N–H and O–H groups in total. The van der Waals surface area contributed by atoms with Gasteiger partial charge in [-0.05, 0) is 57.0 Å². The molecule has 1 atom stereocenters. The van der Waals surface area contributed by atoms with Crippen molar-refractivity contribution in [1.82, 2.24) is 4.98 Å². The summed E-state index contributed by atoms with van der Waals surface area (Å²) in [7, 11) is 1.61. The first-order chi connectivity index (χ1) is 14.0. The van der Waals surface area contributed by atoms with E-state index in [1.165, 1.54) is 0 Å². The van der Waals surface area contributed by atoms with E-state index in [9.17, 15) is 0 Å². The maximum atomic E-state index is 6.34. The van der Waals surface area contributed by atoms with Gasteiger partial charge in [0.15, 0.2) is 11.5 Å². The number of anilines is 1. The molecule has 5 nitrogen and oxygen atoms in total. The first-order valence-corrected chi connectivity index (χ1v) is 10.3. The van der Waals surface area contributed by atoms with Crippen LogP contribution in [0.15, 0.2) is 36.5 Å². The Morgan fingerprint density at radius 3 is 2.72 bits per heavy atom. The Kier molecular flexibility index (Phi) is 7.06. The van der Waals surface area contributed by atoms with E-state index in [0.717, 1.165) is 35.0 Å². The monoisotopic (exact) mass is 433 g/mol. The minimum absolute atomic E-state index is 0.239. The topological polar surface area (TPSA) is 69.4 Å². The van der Waals surface area contributed by atoms with Gasteiger partial charge in [-0.1, -0.05) is 29.3 Å². The Balaban J connectivity index is 2.13. The third-order valence-electron chi connectivity index (χ3n) is 4.73. The summed E-state index contributed by atoms with van der Waals surface area (Å²) < 4.78 is 11.9. The van der Waals surface area contributed by atoms with Crippen molar-refractivity contribution in [3.63, 3.8) is 0 Å². The van der Waals surface area contributed by atoms with Gasteiger partial charge >= 0.3 is 0 Å². The van der Waals surface area contributed by atoms with Crippen molar-refractivity contribution < 1.29 is 9.47 Å². The van der Waals surface area contributed by atoms with Gasteiger partial charge in [0.05, 0.1) is 28.7 Å². The molecule has 0 aliphatic rings. The van der Waals surface area contributed by atoms with Crippen LogP contribution in [0.4, 0.5) is 5.69 Å². The van der Waals surface area contributed by atoms with Crippen molar-refractivity contribution in [1.29, 1.82) is 0 Å². The Labute approximate surface area is 181 Å². The van der Waals surface area contributed by atoms with Gasteiger partial charge in [-0.3, -0.25) is 4.98 Å². The molecule has 3 rings (SSSR count). The lowest BCUT2D eigenvalue weighted by Crippen LogP contribution is -2.17. The molecule has 29 heavy (non-hydrogen) atoms. The van der Waals surface area contributed by atoms with Crippen molar-refractivity contribution in [2.24, 2.45) is 5.73 Å². The number of nitrogens with one attached hydrogen (secondary N) is 1. The van der Waals surface area contributed by atoms with Crippen molar-refractivity contribution >= 4 is 39.8 Å². The lowest BCUT2D eigenvalue weighted by atomic mass is 10.1. The highest BCUT2D eigenvalue weighted by Gasteiger charge is 2.20. The molecule has 154 valence electrons. The fourth-order valence-corrected chi connectivity index (χ4v) is 3.57. The Bertz CT molecular complexity index is 1010. The Hall–Kier alpha value is -2.21. The van der Waals surface area contributed by atoms with E-state index in [-0.39, 0.29) is 6.04 Å². The van der Waals surface area contributed by atoms with E-state index in [4.69, 9.17) is 38.4 Å². The van der Waals surface area contributed by atoms with Crippen LogP contribution >= 0.6 is 23.2 Å². The maximum absolute atomic E-state index is 6.34. The normalized spacial score (nSPS) is 12.1. The van der Waals surface area contributed by atoms with Gasteiger partial charge in [0.2, 0.25) is 0 Å². The number of halogens is 2. The van der Waals surface area contributed by atoms with Crippen molar-refractivity contribution in [2.75, 3.05) is 19.0 Å². The summed E-state index contributed by atoms with van der Waals surface area (Å²) in [5, 5.41) is 5.17. The molecule has 0 amide bonds. The predicted octanol–water partition coefficient (Wildman–Crippen LogP) is 6.19. The molecule has 1 aromatic heterocycles. The molecule has 0 radical (unpaired) electrons. The molecule has 0 fully saturated rings. The van der Waals surface area contributed by atoms with E-state index >= 15 is 0 Å². The Morgan fingerprint density at radius 2 is 2.00 bits per heavy atom. The molecular weight excluding hydrogens is 409 g/mol. The number of ether oxygens (including phenoxy) is 2. The summed E-state index contributed by atoms with van der Waals surface area (Å²) in [6, 6.07) is 9.36. The van der Waals surface area contributed by atoms with Crippen molar-refractivity contribution in [3.8, 4) is 17.2 Å². The summed E-state index contributed by atoms with van der Waals surface area (Å²) in [4.78, 5) is 4.61. The van der Waals surface area contributed by atoms with E-state index < -0.39 is 0 Å². The molecule has 3 aromatic rings. The van der Waals surface area contributed by atoms with Gasteiger partial charge < -0.3 is 20.5 Å². The summed E-state index contributed by atoms with van der Waals surface area (Å²) in [6.07, 6.45) is 3.70. The van der Waals surface area contributed by atoms with E-state index in [1.807, 2.05) is 19.1 Å². The van der Waals surface area contributed by atoms with Gasteiger partial charge in [-0.2, -0.15) is 0 Å². The molecule has 0 saturated heterocycles.